The van der Waals surface area contributed by atoms with Crippen LogP contribution in [0.5, 0.6) is 0 Å². The summed E-state index contributed by atoms with van der Waals surface area (Å²) in [5.74, 6) is -0.942. The normalized spacial score (nSPS) is 11.8. The van der Waals surface area contributed by atoms with Gasteiger partial charge in [0.2, 0.25) is 5.91 Å². The number of nitrogens with one attached hydrogen (secondary N) is 2. The third kappa shape index (κ3) is 3.98. The van der Waals surface area contributed by atoms with Crippen LogP contribution < -0.4 is 10.6 Å². The predicted octanol–water partition coefficient (Wildman–Crippen LogP) is 1.96. The van der Waals surface area contributed by atoms with Crippen molar-refractivity contribution in [1.82, 2.24) is 20.4 Å². The maximum Gasteiger partial charge on any atom is 0.255 e. The molecule has 1 heterocycles. The van der Waals surface area contributed by atoms with Gasteiger partial charge in [-0.2, -0.15) is 5.10 Å². The average Bonchev–Trinajstić information content (AvgIpc) is 2.95. The standard InChI is InChI=1S/C17H21FN4O2/c1-4-9-19-16(23)11(2)21-17(24)15-10-20-22(12(15)3)14-7-5-13(18)6-8-14/h5-8,10-11H,4,9H2,1-3H3,(H,19,23)(H,21,24). The molecule has 7 heteroatoms. The number of halogens is 1. The molecule has 6 nitrogen and oxygen atoms in total. The van der Waals surface area contributed by atoms with E-state index in [1.807, 2.05) is 6.92 Å². The fourth-order valence-corrected chi connectivity index (χ4v) is 2.22. The number of carbonyl (C=O) groups is 2. The van der Waals surface area contributed by atoms with Crippen LogP contribution >= 0.6 is 0 Å². The summed E-state index contributed by atoms with van der Waals surface area (Å²) in [4.78, 5) is 24.2. The molecule has 2 aromatic rings. The van der Waals surface area contributed by atoms with Crippen LogP contribution in [0.15, 0.2) is 30.5 Å². The Hall–Kier alpha value is -2.70. The first kappa shape index (κ1) is 17.7. The number of benzene rings is 1. The van der Waals surface area contributed by atoms with Gasteiger partial charge in [-0.25, -0.2) is 9.07 Å². The van der Waals surface area contributed by atoms with Crippen molar-refractivity contribution >= 4 is 11.8 Å². The van der Waals surface area contributed by atoms with Gasteiger partial charge in [0, 0.05) is 6.54 Å². The molecular formula is C17H21FN4O2. The van der Waals surface area contributed by atoms with E-state index in [9.17, 15) is 14.0 Å². The summed E-state index contributed by atoms with van der Waals surface area (Å²) in [7, 11) is 0. The molecule has 0 aliphatic carbocycles. The van der Waals surface area contributed by atoms with Gasteiger partial charge < -0.3 is 10.6 Å². The Balaban J connectivity index is 2.11. The van der Waals surface area contributed by atoms with Gasteiger partial charge in [-0.15, -0.1) is 0 Å². The summed E-state index contributed by atoms with van der Waals surface area (Å²) in [6.07, 6.45) is 2.26. The average molecular weight is 332 g/mol. The maximum atomic E-state index is 13.0. The molecule has 0 fully saturated rings. The molecule has 24 heavy (non-hydrogen) atoms. The zero-order chi connectivity index (χ0) is 17.7. The monoisotopic (exact) mass is 332 g/mol. The van der Waals surface area contributed by atoms with Crippen molar-refractivity contribution in [2.75, 3.05) is 6.54 Å². The van der Waals surface area contributed by atoms with E-state index in [2.05, 4.69) is 15.7 Å². The summed E-state index contributed by atoms with van der Waals surface area (Å²) in [5.41, 5.74) is 1.64. The number of nitrogens with zero attached hydrogens (tertiary/aromatic N) is 2. The molecule has 2 N–H and O–H groups in total. The summed E-state index contributed by atoms with van der Waals surface area (Å²) in [6.45, 7) is 5.90. The lowest BCUT2D eigenvalue weighted by atomic mass is 10.2. The van der Waals surface area contributed by atoms with E-state index in [0.717, 1.165) is 6.42 Å². The van der Waals surface area contributed by atoms with Gasteiger partial charge >= 0.3 is 0 Å². The van der Waals surface area contributed by atoms with E-state index in [1.54, 1.807) is 30.7 Å². The van der Waals surface area contributed by atoms with E-state index >= 15 is 0 Å². The van der Waals surface area contributed by atoms with Crippen LogP contribution in [0.2, 0.25) is 0 Å². The van der Waals surface area contributed by atoms with Gasteiger partial charge in [0.15, 0.2) is 0 Å². The Morgan fingerprint density at radius 2 is 1.96 bits per heavy atom. The van der Waals surface area contributed by atoms with Crippen molar-refractivity contribution in [3.05, 3.63) is 47.5 Å². The molecule has 1 atom stereocenters. The number of carbonyl (C=O) groups excluding carboxylic acids is 2. The molecule has 0 aliphatic rings. The first-order valence-corrected chi connectivity index (χ1v) is 7.83. The fourth-order valence-electron chi connectivity index (χ4n) is 2.22. The molecule has 0 aliphatic heterocycles. The van der Waals surface area contributed by atoms with Crippen LogP contribution in [0.3, 0.4) is 0 Å². The minimum absolute atomic E-state index is 0.228. The van der Waals surface area contributed by atoms with Gasteiger partial charge in [-0.3, -0.25) is 9.59 Å². The molecule has 2 amide bonds. The highest BCUT2D eigenvalue weighted by molar-refractivity contribution is 5.98. The Labute approximate surface area is 140 Å². The molecule has 0 bridgehead atoms. The lowest BCUT2D eigenvalue weighted by Gasteiger charge is -2.13. The molecule has 1 aromatic carbocycles. The zero-order valence-electron chi connectivity index (χ0n) is 14.0. The topological polar surface area (TPSA) is 76.0 Å². The van der Waals surface area contributed by atoms with E-state index in [4.69, 9.17) is 0 Å². The largest absolute Gasteiger partial charge is 0.354 e. The van der Waals surface area contributed by atoms with Crippen LogP contribution in [-0.2, 0) is 4.79 Å². The lowest BCUT2D eigenvalue weighted by molar-refractivity contribution is -0.122. The van der Waals surface area contributed by atoms with Gasteiger partial charge in [0.1, 0.15) is 11.9 Å². The van der Waals surface area contributed by atoms with Gasteiger partial charge in [0.05, 0.1) is 23.1 Å². The Kier molecular flexibility index (Phi) is 5.68. The lowest BCUT2D eigenvalue weighted by Crippen LogP contribution is -2.45. The smallest absolute Gasteiger partial charge is 0.255 e. The van der Waals surface area contributed by atoms with Crippen molar-refractivity contribution in [1.29, 1.82) is 0 Å². The van der Waals surface area contributed by atoms with E-state index in [-0.39, 0.29) is 17.6 Å². The summed E-state index contributed by atoms with van der Waals surface area (Å²) in [5, 5.41) is 9.56. The van der Waals surface area contributed by atoms with E-state index in [0.29, 0.717) is 23.5 Å². The Bertz CT molecular complexity index is 725. The molecule has 1 aromatic heterocycles. The van der Waals surface area contributed by atoms with Gasteiger partial charge in [-0.1, -0.05) is 6.92 Å². The number of amides is 2. The second-order valence-corrected chi connectivity index (χ2v) is 5.52. The number of hydrogen-bond acceptors (Lipinski definition) is 3. The number of hydrogen-bond donors (Lipinski definition) is 2. The highest BCUT2D eigenvalue weighted by Gasteiger charge is 2.20. The number of aromatic nitrogens is 2. The van der Waals surface area contributed by atoms with E-state index in [1.165, 1.54) is 18.3 Å². The first-order chi connectivity index (χ1) is 11.4. The molecule has 2 rings (SSSR count). The molecular weight excluding hydrogens is 311 g/mol. The van der Waals surface area contributed by atoms with Crippen LogP contribution in [0.25, 0.3) is 5.69 Å². The number of rotatable bonds is 6. The van der Waals surface area contributed by atoms with Crippen LogP contribution in [-0.4, -0.2) is 34.2 Å². The second kappa shape index (κ2) is 7.72. The van der Waals surface area contributed by atoms with Crippen molar-refractivity contribution in [3.8, 4) is 5.69 Å². The zero-order valence-corrected chi connectivity index (χ0v) is 14.0. The molecule has 0 saturated carbocycles. The van der Waals surface area contributed by atoms with Crippen molar-refractivity contribution < 1.29 is 14.0 Å². The summed E-state index contributed by atoms with van der Waals surface area (Å²) in [6, 6.07) is 5.18. The molecule has 128 valence electrons. The van der Waals surface area contributed by atoms with Crippen LogP contribution in [0, 0.1) is 12.7 Å². The highest BCUT2D eigenvalue weighted by atomic mass is 19.1. The maximum absolute atomic E-state index is 13.0. The Morgan fingerprint density at radius 1 is 1.29 bits per heavy atom. The Morgan fingerprint density at radius 3 is 2.58 bits per heavy atom. The van der Waals surface area contributed by atoms with Crippen LogP contribution in [0.1, 0.15) is 36.3 Å². The third-order valence-corrected chi connectivity index (χ3v) is 3.62. The fraction of sp³-hybridized carbons (Fsp3) is 0.353. The van der Waals surface area contributed by atoms with Gasteiger partial charge in [-0.05, 0) is 44.5 Å². The van der Waals surface area contributed by atoms with Crippen molar-refractivity contribution in [2.45, 2.75) is 33.2 Å². The first-order valence-electron chi connectivity index (χ1n) is 7.83. The minimum Gasteiger partial charge on any atom is -0.354 e. The van der Waals surface area contributed by atoms with E-state index < -0.39 is 6.04 Å². The molecule has 0 radical (unpaired) electrons. The minimum atomic E-state index is -0.641. The summed E-state index contributed by atoms with van der Waals surface area (Å²) >= 11 is 0. The SMILES string of the molecule is CCCNC(=O)C(C)NC(=O)c1cnn(-c2ccc(F)cc2)c1C. The summed E-state index contributed by atoms with van der Waals surface area (Å²) < 4.78 is 14.6. The van der Waals surface area contributed by atoms with Crippen molar-refractivity contribution in [3.63, 3.8) is 0 Å². The third-order valence-electron chi connectivity index (χ3n) is 3.62. The van der Waals surface area contributed by atoms with Crippen molar-refractivity contribution in [2.24, 2.45) is 0 Å². The molecule has 0 spiro atoms. The second-order valence-electron chi connectivity index (χ2n) is 5.52. The quantitative estimate of drug-likeness (QED) is 0.849. The van der Waals surface area contributed by atoms with Crippen LogP contribution in [0.4, 0.5) is 4.39 Å². The predicted molar refractivity (Wildman–Crippen MR) is 88.5 cm³/mol. The molecule has 0 saturated heterocycles. The molecule has 1 unspecified atom stereocenters. The van der Waals surface area contributed by atoms with Gasteiger partial charge in [0.25, 0.3) is 5.91 Å². The highest BCUT2D eigenvalue weighted by Crippen LogP contribution is 2.14.